The fraction of sp³-hybridized carbons (Fsp3) is 0.412. The highest BCUT2D eigenvalue weighted by molar-refractivity contribution is 5.76. The van der Waals surface area contributed by atoms with Gasteiger partial charge in [0.1, 0.15) is 0 Å². The van der Waals surface area contributed by atoms with Crippen LogP contribution in [-0.4, -0.2) is 31.4 Å². The second-order valence-electron chi connectivity index (χ2n) is 5.69. The van der Waals surface area contributed by atoms with E-state index < -0.39 is 11.2 Å². The van der Waals surface area contributed by atoms with Gasteiger partial charge in [0.05, 0.1) is 0 Å². The van der Waals surface area contributed by atoms with Crippen molar-refractivity contribution in [1.82, 2.24) is 19.4 Å². The van der Waals surface area contributed by atoms with Crippen LogP contribution in [0.15, 0.2) is 46.4 Å². The zero-order valence-electron chi connectivity index (χ0n) is 13.9. The molecule has 7 nitrogen and oxygen atoms in total. The number of aromatic amines is 1. The lowest BCUT2D eigenvalue weighted by molar-refractivity contribution is -0.134. The first kappa shape index (κ1) is 17.7. The summed E-state index contributed by atoms with van der Waals surface area (Å²) >= 11 is 0. The third-order valence-corrected chi connectivity index (χ3v) is 4.01. The number of carbonyl (C=O) groups is 1. The molecular formula is C17H22N4O3. The molecule has 0 aliphatic rings. The number of pyridine rings is 1. The molecular weight excluding hydrogens is 308 g/mol. The van der Waals surface area contributed by atoms with Gasteiger partial charge in [-0.25, -0.2) is 4.79 Å². The molecule has 2 rings (SSSR count). The third-order valence-electron chi connectivity index (χ3n) is 4.01. The molecule has 0 spiro atoms. The van der Waals surface area contributed by atoms with E-state index in [-0.39, 0.29) is 24.9 Å². The molecule has 7 heteroatoms. The van der Waals surface area contributed by atoms with E-state index in [2.05, 4.69) is 9.97 Å². The van der Waals surface area contributed by atoms with Crippen molar-refractivity contribution in [1.29, 1.82) is 0 Å². The second-order valence-corrected chi connectivity index (χ2v) is 5.69. The van der Waals surface area contributed by atoms with Crippen molar-refractivity contribution in [3.05, 3.63) is 63.2 Å². The highest BCUT2D eigenvalue weighted by Gasteiger charge is 2.19. The number of aromatic nitrogens is 3. The number of H-pyrrole nitrogens is 1. The van der Waals surface area contributed by atoms with E-state index in [4.69, 9.17) is 0 Å². The van der Waals surface area contributed by atoms with Crippen LogP contribution in [0, 0.1) is 0 Å². The molecule has 0 bridgehead atoms. The Morgan fingerprint density at radius 1 is 1.29 bits per heavy atom. The molecule has 2 aromatic heterocycles. The molecule has 1 N–H and O–H groups in total. The Labute approximate surface area is 140 Å². The van der Waals surface area contributed by atoms with Crippen LogP contribution < -0.4 is 11.2 Å². The minimum atomic E-state index is -0.500. The number of hydrogen-bond acceptors (Lipinski definition) is 4. The molecule has 128 valence electrons. The molecule has 0 radical (unpaired) electrons. The smallest absolute Gasteiger partial charge is 0.328 e. The number of carbonyl (C=O) groups excluding carboxylic acids is 1. The van der Waals surface area contributed by atoms with Gasteiger partial charge in [-0.15, -0.1) is 0 Å². The molecule has 0 aliphatic heterocycles. The monoisotopic (exact) mass is 330 g/mol. The van der Waals surface area contributed by atoms with Crippen LogP contribution >= 0.6 is 0 Å². The van der Waals surface area contributed by atoms with Crippen LogP contribution in [0.3, 0.4) is 0 Å². The minimum absolute atomic E-state index is 0.0285. The topological polar surface area (TPSA) is 88.1 Å². The molecule has 2 aromatic rings. The highest BCUT2D eigenvalue weighted by atomic mass is 16.2. The predicted octanol–water partition coefficient (Wildman–Crippen LogP) is 1.15. The first-order valence-corrected chi connectivity index (χ1v) is 7.99. The van der Waals surface area contributed by atoms with Gasteiger partial charge in [-0.3, -0.25) is 19.6 Å². The Balaban J connectivity index is 2.07. The van der Waals surface area contributed by atoms with Crippen molar-refractivity contribution in [3.8, 4) is 0 Å². The van der Waals surface area contributed by atoms with Gasteiger partial charge in [0.25, 0.3) is 5.56 Å². The SMILES string of the molecule is CC[C@H](C)N(Cc1ccncc1)C(=O)CCn1ccc(=O)[nH]c1=O. The maximum absolute atomic E-state index is 12.6. The summed E-state index contributed by atoms with van der Waals surface area (Å²) in [6, 6.07) is 5.14. The molecule has 0 aliphatic carbocycles. The normalized spacial score (nSPS) is 11.9. The van der Waals surface area contributed by atoms with Crippen molar-refractivity contribution >= 4 is 5.91 Å². The summed E-state index contributed by atoms with van der Waals surface area (Å²) in [5.74, 6) is -0.0285. The lowest BCUT2D eigenvalue weighted by atomic mass is 10.1. The molecule has 24 heavy (non-hydrogen) atoms. The van der Waals surface area contributed by atoms with E-state index in [0.717, 1.165) is 12.0 Å². The predicted molar refractivity (Wildman–Crippen MR) is 90.5 cm³/mol. The summed E-state index contributed by atoms with van der Waals surface area (Å²) in [6.45, 7) is 4.78. The molecule has 2 heterocycles. The van der Waals surface area contributed by atoms with Gasteiger partial charge in [0.2, 0.25) is 5.91 Å². The average molecular weight is 330 g/mol. The Hall–Kier alpha value is -2.70. The zero-order valence-corrected chi connectivity index (χ0v) is 13.9. The van der Waals surface area contributed by atoms with Gasteiger partial charge in [0.15, 0.2) is 0 Å². The summed E-state index contributed by atoms with van der Waals surface area (Å²) in [7, 11) is 0. The number of rotatable bonds is 7. The minimum Gasteiger partial charge on any atom is -0.336 e. The Morgan fingerprint density at radius 3 is 2.62 bits per heavy atom. The lowest BCUT2D eigenvalue weighted by Gasteiger charge is -2.29. The maximum atomic E-state index is 12.6. The van der Waals surface area contributed by atoms with Crippen molar-refractivity contribution in [3.63, 3.8) is 0 Å². The molecule has 0 fully saturated rings. The van der Waals surface area contributed by atoms with Crippen LogP contribution in [0.4, 0.5) is 0 Å². The summed E-state index contributed by atoms with van der Waals surface area (Å²) in [5.41, 5.74) is 0.0703. The molecule has 0 saturated heterocycles. The first-order chi connectivity index (χ1) is 11.5. The Morgan fingerprint density at radius 2 is 2.00 bits per heavy atom. The van der Waals surface area contributed by atoms with E-state index in [1.165, 1.54) is 16.8 Å². The van der Waals surface area contributed by atoms with Gasteiger partial charge >= 0.3 is 5.69 Å². The summed E-state index contributed by atoms with van der Waals surface area (Å²) in [4.78, 5) is 43.4. The number of amides is 1. The number of hydrogen-bond donors (Lipinski definition) is 1. The van der Waals surface area contributed by atoms with E-state index in [1.807, 2.05) is 30.9 Å². The standard InChI is InChI=1S/C17H22N4O3/c1-3-13(2)21(12-14-4-8-18-9-5-14)16(23)7-11-20-10-6-15(22)19-17(20)24/h4-6,8-10,13H,3,7,11-12H2,1-2H3,(H,19,22,24)/t13-/m0/s1. The molecule has 1 amide bonds. The number of aryl methyl sites for hydroxylation is 1. The second kappa shape index (κ2) is 8.24. The van der Waals surface area contributed by atoms with Gasteiger partial charge in [-0.05, 0) is 31.0 Å². The summed E-state index contributed by atoms with van der Waals surface area (Å²) < 4.78 is 1.33. The molecule has 0 saturated carbocycles. The molecule has 0 unspecified atom stereocenters. The Kier molecular flexibility index (Phi) is 6.06. The van der Waals surface area contributed by atoms with Crippen molar-refractivity contribution in [2.24, 2.45) is 0 Å². The van der Waals surface area contributed by atoms with Crippen LogP contribution in [0.5, 0.6) is 0 Å². The van der Waals surface area contributed by atoms with Crippen LogP contribution in [0.2, 0.25) is 0 Å². The van der Waals surface area contributed by atoms with Crippen molar-refractivity contribution in [2.45, 2.75) is 45.8 Å². The van der Waals surface area contributed by atoms with Gasteiger partial charge < -0.3 is 9.47 Å². The van der Waals surface area contributed by atoms with Crippen molar-refractivity contribution < 1.29 is 4.79 Å². The average Bonchev–Trinajstić information content (AvgIpc) is 2.59. The van der Waals surface area contributed by atoms with Crippen molar-refractivity contribution in [2.75, 3.05) is 0 Å². The Bertz CT molecular complexity index is 782. The number of nitrogens with one attached hydrogen (secondary N) is 1. The van der Waals surface area contributed by atoms with Crippen LogP contribution in [-0.2, 0) is 17.9 Å². The van der Waals surface area contributed by atoms with Crippen LogP contribution in [0.25, 0.3) is 0 Å². The lowest BCUT2D eigenvalue weighted by Crippen LogP contribution is -2.39. The van der Waals surface area contributed by atoms with E-state index in [9.17, 15) is 14.4 Å². The third kappa shape index (κ3) is 4.65. The maximum Gasteiger partial charge on any atom is 0.328 e. The van der Waals surface area contributed by atoms with Crippen LogP contribution in [0.1, 0.15) is 32.3 Å². The van der Waals surface area contributed by atoms with E-state index in [1.54, 1.807) is 12.4 Å². The van der Waals surface area contributed by atoms with E-state index in [0.29, 0.717) is 6.54 Å². The molecule has 0 aromatic carbocycles. The fourth-order valence-corrected chi connectivity index (χ4v) is 2.38. The summed E-state index contributed by atoms with van der Waals surface area (Å²) in [5, 5.41) is 0. The van der Waals surface area contributed by atoms with E-state index >= 15 is 0 Å². The first-order valence-electron chi connectivity index (χ1n) is 7.99. The molecule has 1 atom stereocenters. The zero-order chi connectivity index (χ0) is 17.5. The van der Waals surface area contributed by atoms with Gasteiger partial charge in [-0.2, -0.15) is 0 Å². The van der Waals surface area contributed by atoms with Gasteiger partial charge in [0, 0.05) is 50.2 Å². The largest absolute Gasteiger partial charge is 0.336 e. The summed E-state index contributed by atoms with van der Waals surface area (Å²) in [6.07, 6.45) is 5.85. The van der Waals surface area contributed by atoms with Gasteiger partial charge in [-0.1, -0.05) is 6.92 Å². The number of nitrogens with zero attached hydrogens (tertiary/aromatic N) is 3. The fourth-order valence-electron chi connectivity index (χ4n) is 2.38. The quantitative estimate of drug-likeness (QED) is 0.825. The highest BCUT2D eigenvalue weighted by Crippen LogP contribution is 2.12.